The van der Waals surface area contributed by atoms with E-state index in [-0.39, 0.29) is 17.1 Å². The highest BCUT2D eigenvalue weighted by molar-refractivity contribution is 5.80. The Morgan fingerprint density at radius 3 is 2.43 bits per heavy atom. The summed E-state index contributed by atoms with van der Waals surface area (Å²) in [5.74, 6) is 0.0910. The fourth-order valence-electron chi connectivity index (χ4n) is 3.12. The summed E-state index contributed by atoms with van der Waals surface area (Å²) in [7, 11) is 0. The number of aromatic nitrogens is 2. The first-order valence-corrected chi connectivity index (χ1v) is 8.82. The zero-order valence-electron chi connectivity index (χ0n) is 15.2. The van der Waals surface area contributed by atoms with Gasteiger partial charge in [-0.3, -0.25) is 9.36 Å². The van der Waals surface area contributed by atoms with Gasteiger partial charge in [-0.25, -0.2) is 4.98 Å². The topological polar surface area (TPSA) is 75.3 Å². The number of aryl methyl sites for hydroxylation is 1. The minimum Gasteiger partial charge on any atom is -0.504 e. The van der Waals surface area contributed by atoms with E-state index >= 15 is 0 Å². The van der Waals surface area contributed by atoms with Crippen molar-refractivity contribution in [3.8, 4) is 17.2 Å². The fraction of sp³-hybridized carbons (Fsp3) is 0.0435. The molecule has 0 radical (unpaired) electrons. The van der Waals surface area contributed by atoms with E-state index in [2.05, 4.69) is 4.98 Å². The molecule has 138 valence electrons. The van der Waals surface area contributed by atoms with Crippen molar-refractivity contribution in [2.45, 2.75) is 6.92 Å². The van der Waals surface area contributed by atoms with Crippen molar-refractivity contribution < 1.29 is 10.2 Å². The Labute approximate surface area is 161 Å². The molecule has 0 amide bonds. The maximum atomic E-state index is 13.2. The number of para-hydroxylation sites is 2. The monoisotopic (exact) mass is 370 g/mol. The summed E-state index contributed by atoms with van der Waals surface area (Å²) >= 11 is 0. The summed E-state index contributed by atoms with van der Waals surface area (Å²) in [6.07, 6.45) is 3.47. The van der Waals surface area contributed by atoms with Crippen molar-refractivity contribution in [1.29, 1.82) is 0 Å². The van der Waals surface area contributed by atoms with Crippen LogP contribution in [0.2, 0.25) is 0 Å². The molecule has 5 nitrogen and oxygen atoms in total. The lowest BCUT2D eigenvalue weighted by Crippen LogP contribution is -2.23. The molecule has 1 aromatic heterocycles. The van der Waals surface area contributed by atoms with E-state index in [0.717, 1.165) is 11.3 Å². The highest BCUT2D eigenvalue weighted by Crippen LogP contribution is 2.26. The first kappa shape index (κ1) is 17.5. The molecule has 0 saturated heterocycles. The van der Waals surface area contributed by atoms with Crippen LogP contribution in [-0.2, 0) is 0 Å². The van der Waals surface area contributed by atoms with Crippen LogP contribution in [-0.4, -0.2) is 19.8 Å². The molecule has 0 atom stereocenters. The van der Waals surface area contributed by atoms with Gasteiger partial charge in [0.2, 0.25) is 0 Å². The smallest absolute Gasteiger partial charge is 0.266 e. The lowest BCUT2D eigenvalue weighted by atomic mass is 10.1. The number of rotatable bonds is 3. The summed E-state index contributed by atoms with van der Waals surface area (Å²) in [5, 5.41) is 19.7. The van der Waals surface area contributed by atoms with Crippen LogP contribution in [0.5, 0.6) is 11.5 Å². The largest absolute Gasteiger partial charge is 0.504 e. The molecule has 2 N–H and O–H groups in total. The van der Waals surface area contributed by atoms with Crippen LogP contribution >= 0.6 is 0 Å². The second-order valence-electron chi connectivity index (χ2n) is 6.50. The van der Waals surface area contributed by atoms with Gasteiger partial charge in [-0.2, -0.15) is 0 Å². The highest BCUT2D eigenvalue weighted by atomic mass is 16.3. The quantitative estimate of drug-likeness (QED) is 0.528. The van der Waals surface area contributed by atoms with Crippen LogP contribution in [0, 0.1) is 6.92 Å². The summed E-state index contributed by atoms with van der Waals surface area (Å²) in [4.78, 5) is 17.9. The van der Waals surface area contributed by atoms with Crippen molar-refractivity contribution >= 4 is 23.1 Å². The molecule has 3 aromatic carbocycles. The Balaban J connectivity index is 1.95. The predicted octanol–water partition coefficient (Wildman–Crippen LogP) is 4.28. The van der Waals surface area contributed by atoms with E-state index in [9.17, 15) is 15.0 Å². The summed E-state index contributed by atoms with van der Waals surface area (Å²) in [6.45, 7) is 1.95. The molecular weight excluding hydrogens is 352 g/mol. The van der Waals surface area contributed by atoms with Crippen LogP contribution in [0.4, 0.5) is 0 Å². The number of fused-ring (bicyclic) bond motifs is 1. The first-order chi connectivity index (χ1) is 13.5. The molecule has 4 aromatic rings. The normalized spacial score (nSPS) is 11.3. The number of phenolic OH excluding ortho intramolecular Hbond substituents is 2. The van der Waals surface area contributed by atoms with Crippen molar-refractivity contribution in [3.63, 3.8) is 0 Å². The molecule has 0 fully saturated rings. The molecule has 0 aliphatic carbocycles. The van der Waals surface area contributed by atoms with Crippen LogP contribution in [0.25, 0.3) is 28.7 Å². The van der Waals surface area contributed by atoms with E-state index in [0.29, 0.717) is 22.3 Å². The van der Waals surface area contributed by atoms with Crippen molar-refractivity contribution in [1.82, 2.24) is 9.55 Å². The number of benzene rings is 3. The number of hydrogen-bond donors (Lipinski definition) is 2. The standard InChI is InChI=1S/C23H18N2O3/c1-15-6-2-5-9-19(15)25-22(13-11-16-10-12-20(26)21(27)14-16)24-18-8-4-3-7-17(18)23(25)28/h2-14,26-27H,1H3/b13-11+. The van der Waals surface area contributed by atoms with Crippen molar-refractivity contribution in [2.24, 2.45) is 0 Å². The van der Waals surface area contributed by atoms with E-state index in [1.807, 2.05) is 49.4 Å². The summed E-state index contributed by atoms with van der Waals surface area (Å²) in [6, 6.07) is 19.4. The Kier molecular flexibility index (Phi) is 4.41. The van der Waals surface area contributed by atoms with Gasteiger partial charge in [0, 0.05) is 0 Å². The predicted molar refractivity (Wildman–Crippen MR) is 111 cm³/mol. The SMILES string of the molecule is Cc1ccccc1-n1c(/C=C/c2ccc(O)c(O)c2)nc2ccccc2c1=O. The van der Waals surface area contributed by atoms with Gasteiger partial charge in [-0.15, -0.1) is 0 Å². The molecule has 0 saturated carbocycles. The third-order valence-electron chi connectivity index (χ3n) is 4.58. The second-order valence-corrected chi connectivity index (χ2v) is 6.50. The van der Waals surface area contributed by atoms with E-state index in [1.165, 1.54) is 12.1 Å². The Morgan fingerprint density at radius 1 is 0.893 bits per heavy atom. The third-order valence-corrected chi connectivity index (χ3v) is 4.58. The first-order valence-electron chi connectivity index (χ1n) is 8.82. The van der Waals surface area contributed by atoms with Gasteiger partial charge in [0.25, 0.3) is 5.56 Å². The molecule has 5 heteroatoms. The fourth-order valence-corrected chi connectivity index (χ4v) is 3.12. The van der Waals surface area contributed by atoms with Crippen LogP contribution in [0.3, 0.4) is 0 Å². The van der Waals surface area contributed by atoms with Gasteiger partial charge in [0.05, 0.1) is 16.6 Å². The summed E-state index contributed by atoms with van der Waals surface area (Å²) < 4.78 is 1.59. The number of nitrogens with zero attached hydrogens (tertiary/aromatic N) is 2. The Hall–Kier alpha value is -3.86. The van der Waals surface area contributed by atoms with Gasteiger partial charge in [-0.05, 0) is 54.5 Å². The maximum Gasteiger partial charge on any atom is 0.266 e. The lowest BCUT2D eigenvalue weighted by Gasteiger charge is -2.13. The Morgan fingerprint density at radius 2 is 1.64 bits per heavy atom. The van der Waals surface area contributed by atoms with Gasteiger partial charge >= 0.3 is 0 Å². The van der Waals surface area contributed by atoms with Gasteiger partial charge in [0.1, 0.15) is 5.82 Å². The van der Waals surface area contributed by atoms with Crippen LogP contribution in [0.1, 0.15) is 17.0 Å². The molecule has 0 aliphatic rings. The molecule has 1 heterocycles. The summed E-state index contributed by atoms with van der Waals surface area (Å²) in [5.41, 5.74) is 2.87. The molecular formula is C23H18N2O3. The van der Waals surface area contributed by atoms with Gasteiger partial charge < -0.3 is 10.2 Å². The number of hydrogen-bond acceptors (Lipinski definition) is 4. The zero-order chi connectivity index (χ0) is 19.7. The lowest BCUT2D eigenvalue weighted by molar-refractivity contribution is 0.403. The average molecular weight is 370 g/mol. The number of aromatic hydroxyl groups is 2. The molecule has 4 rings (SSSR count). The van der Waals surface area contributed by atoms with E-state index < -0.39 is 0 Å². The average Bonchev–Trinajstić information content (AvgIpc) is 2.70. The van der Waals surface area contributed by atoms with Gasteiger partial charge in [-0.1, -0.05) is 42.5 Å². The third kappa shape index (κ3) is 3.14. The zero-order valence-corrected chi connectivity index (χ0v) is 15.2. The molecule has 0 spiro atoms. The van der Waals surface area contributed by atoms with Crippen LogP contribution < -0.4 is 5.56 Å². The number of phenols is 2. The van der Waals surface area contributed by atoms with Crippen molar-refractivity contribution in [3.05, 3.63) is 94.0 Å². The van der Waals surface area contributed by atoms with Crippen molar-refractivity contribution in [2.75, 3.05) is 0 Å². The minimum absolute atomic E-state index is 0.145. The second kappa shape index (κ2) is 7.04. The van der Waals surface area contributed by atoms with E-state index in [4.69, 9.17) is 0 Å². The maximum absolute atomic E-state index is 13.2. The van der Waals surface area contributed by atoms with E-state index in [1.54, 1.807) is 28.9 Å². The Bertz CT molecular complexity index is 1270. The van der Waals surface area contributed by atoms with Gasteiger partial charge in [0.15, 0.2) is 11.5 Å². The molecule has 0 aliphatic heterocycles. The minimum atomic E-state index is -0.204. The molecule has 0 unspecified atom stereocenters. The molecule has 0 bridgehead atoms. The molecule has 28 heavy (non-hydrogen) atoms. The van der Waals surface area contributed by atoms with Crippen LogP contribution in [0.15, 0.2) is 71.5 Å². The highest BCUT2D eigenvalue weighted by Gasteiger charge is 2.12.